The summed E-state index contributed by atoms with van der Waals surface area (Å²) in [4.78, 5) is 0. The Morgan fingerprint density at radius 1 is 1.00 bits per heavy atom. The van der Waals surface area contributed by atoms with E-state index in [0.29, 0.717) is 12.0 Å². The first-order valence-corrected chi connectivity index (χ1v) is 8.30. The molecule has 3 rings (SSSR count). The van der Waals surface area contributed by atoms with Crippen molar-refractivity contribution in [1.82, 2.24) is 5.32 Å². The zero-order valence-electron chi connectivity index (χ0n) is 12.7. The smallest absolute Gasteiger partial charge is 0.0729 e. The Hall–Kier alpha value is -0.160. The fraction of sp³-hybridized carbons (Fsp3) is 1.00. The van der Waals surface area contributed by atoms with Gasteiger partial charge in [0, 0.05) is 32.5 Å². The SMILES string of the molecule is CNC(C1CCCOC1)C1CCOC2(CCOCC2)C1. The average molecular weight is 283 g/mol. The van der Waals surface area contributed by atoms with Crippen LogP contribution in [0.1, 0.15) is 38.5 Å². The molecule has 0 radical (unpaired) electrons. The molecule has 3 saturated heterocycles. The van der Waals surface area contributed by atoms with E-state index in [-0.39, 0.29) is 5.60 Å². The van der Waals surface area contributed by atoms with Crippen molar-refractivity contribution < 1.29 is 14.2 Å². The number of nitrogens with one attached hydrogen (secondary N) is 1. The monoisotopic (exact) mass is 283 g/mol. The van der Waals surface area contributed by atoms with Gasteiger partial charge >= 0.3 is 0 Å². The third-order valence-electron chi connectivity index (χ3n) is 5.48. The Labute approximate surface area is 122 Å². The van der Waals surface area contributed by atoms with Crippen LogP contribution in [-0.4, -0.2) is 51.7 Å². The predicted molar refractivity (Wildman–Crippen MR) is 77.9 cm³/mol. The van der Waals surface area contributed by atoms with Gasteiger partial charge < -0.3 is 19.5 Å². The third-order valence-corrected chi connectivity index (χ3v) is 5.48. The summed E-state index contributed by atoms with van der Waals surface area (Å²) in [7, 11) is 2.12. The molecule has 1 spiro atoms. The average Bonchev–Trinajstić information content (AvgIpc) is 2.50. The Balaban J connectivity index is 1.64. The van der Waals surface area contributed by atoms with Crippen molar-refractivity contribution in [3.63, 3.8) is 0 Å². The van der Waals surface area contributed by atoms with Crippen LogP contribution in [0.3, 0.4) is 0 Å². The lowest BCUT2D eigenvalue weighted by Crippen LogP contribution is -2.51. The van der Waals surface area contributed by atoms with Crippen molar-refractivity contribution in [3.05, 3.63) is 0 Å². The molecule has 3 heterocycles. The molecule has 3 atom stereocenters. The Kier molecular flexibility index (Phi) is 4.97. The molecule has 0 aromatic rings. The zero-order chi connectivity index (χ0) is 13.8. The fourth-order valence-corrected chi connectivity index (χ4v) is 4.37. The van der Waals surface area contributed by atoms with Crippen LogP contribution in [0, 0.1) is 11.8 Å². The molecule has 20 heavy (non-hydrogen) atoms. The van der Waals surface area contributed by atoms with E-state index in [0.717, 1.165) is 51.8 Å². The quantitative estimate of drug-likeness (QED) is 0.860. The Bertz CT molecular complexity index is 293. The van der Waals surface area contributed by atoms with Gasteiger partial charge in [-0.1, -0.05) is 0 Å². The first kappa shape index (κ1) is 14.8. The van der Waals surface area contributed by atoms with Gasteiger partial charge in [0.05, 0.1) is 12.2 Å². The van der Waals surface area contributed by atoms with E-state index in [1.165, 1.54) is 25.7 Å². The summed E-state index contributed by atoms with van der Waals surface area (Å²) < 4.78 is 17.4. The molecule has 1 N–H and O–H groups in total. The largest absolute Gasteiger partial charge is 0.381 e. The summed E-state index contributed by atoms with van der Waals surface area (Å²) in [6, 6.07) is 0.582. The molecule has 0 aliphatic carbocycles. The molecule has 0 bridgehead atoms. The van der Waals surface area contributed by atoms with Crippen LogP contribution in [0.4, 0.5) is 0 Å². The molecule has 3 aliphatic heterocycles. The number of ether oxygens (including phenoxy) is 3. The molecular formula is C16H29NO3. The fourth-order valence-electron chi connectivity index (χ4n) is 4.37. The van der Waals surface area contributed by atoms with Crippen molar-refractivity contribution in [3.8, 4) is 0 Å². The summed E-state index contributed by atoms with van der Waals surface area (Å²) in [5.41, 5.74) is 0.103. The van der Waals surface area contributed by atoms with Gasteiger partial charge in [-0.25, -0.2) is 0 Å². The van der Waals surface area contributed by atoms with E-state index in [1.807, 2.05) is 0 Å². The van der Waals surface area contributed by atoms with E-state index < -0.39 is 0 Å². The summed E-state index contributed by atoms with van der Waals surface area (Å²) in [5.74, 6) is 1.40. The predicted octanol–water partition coefficient (Wildman–Crippen LogP) is 1.98. The van der Waals surface area contributed by atoms with Crippen molar-refractivity contribution in [2.24, 2.45) is 11.8 Å². The minimum Gasteiger partial charge on any atom is -0.381 e. The second-order valence-corrected chi connectivity index (χ2v) is 6.69. The molecule has 4 nitrogen and oxygen atoms in total. The minimum absolute atomic E-state index is 0.103. The van der Waals surface area contributed by atoms with E-state index in [4.69, 9.17) is 14.2 Å². The maximum atomic E-state index is 6.18. The van der Waals surface area contributed by atoms with E-state index >= 15 is 0 Å². The highest BCUT2D eigenvalue weighted by Crippen LogP contribution is 2.40. The summed E-state index contributed by atoms with van der Waals surface area (Å²) in [6.45, 7) is 4.52. The Morgan fingerprint density at radius 3 is 2.55 bits per heavy atom. The molecule has 0 amide bonds. The summed E-state index contributed by atoms with van der Waals surface area (Å²) in [6.07, 6.45) is 7.04. The molecule has 3 fully saturated rings. The molecule has 4 heteroatoms. The maximum absolute atomic E-state index is 6.18. The highest BCUT2D eigenvalue weighted by atomic mass is 16.5. The topological polar surface area (TPSA) is 39.7 Å². The minimum atomic E-state index is 0.103. The number of hydrogen-bond acceptors (Lipinski definition) is 4. The second-order valence-electron chi connectivity index (χ2n) is 6.69. The number of hydrogen-bond donors (Lipinski definition) is 1. The van der Waals surface area contributed by atoms with Gasteiger partial charge in [-0.2, -0.15) is 0 Å². The third kappa shape index (κ3) is 3.19. The van der Waals surface area contributed by atoms with Crippen molar-refractivity contribution >= 4 is 0 Å². The van der Waals surface area contributed by atoms with Crippen LogP contribution < -0.4 is 5.32 Å². The van der Waals surface area contributed by atoms with Gasteiger partial charge in [-0.05, 0) is 57.4 Å². The molecule has 0 aromatic heterocycles. The molecule has 3 unspecified atom stereocenters. The van der Waals surface area contributed by atoms with Gasteiger partial charge in [-0.3, -0.25) is 0 Å². The molecule has 0 saturated carbocycles. The second kappa shape index (κ2) is 6.73. The first-order valence-electron chi connectivity index (χ1n) is 8.30. The highest BCUT2D eigenvalue weighted by Gasteiger charge is 2.42. The summed E-state index contributed by atoms with van der Waals surface area (Å²) in [5, 5.41) is 3.60. The zero-order valence-corrected chi connectivity index (χ0v) is 12.7. The van der Waals surface area contributed by atoms with Gasteiger partial charge in [-0.15, -0.1) is 0 Å². The van der Waals surface area contributed by atoms with Crippen LogP contribution in [-0.2, 0) is 14.2 Å². The summed E-state index contributed by atoms with van der Waals surface area (Å²) >= 11 is 0. The Morgan fingerprint density at radius 2 is 1.85 bits per heavy atom. The van der Waals surface area contributed by atoms with Gasteiger partial charge in [0.2, 0.25) is 0 Å². The number of rotatable bonds is 3. The van der Waals surface area contributed by atoms with Crippen molar-refractivity contribution in [2.45, 2.75) is 50.2 Å². The van der Waals surface area contributed by atoms with Crippen LogP contribution in [0.2, 0.25) is 0 Å². The van der Waals surface area contributed by atoms with E-state index in [2.05, 4.69) is 12.4 Å². The normalized spacial score (nSPS) is 35.9. The van der Waals surface area contributed by atoms with Crippen LogP contribution in [0.25, 0.3) is 0 Å². The first-order chi connectivity index (χ1) is 9.83. The lowest BCUT2D eigenvalue weighted by molar-refractivity contribution is -0.153. The van der Waals surface area contributed by atoms with Gasteiger partial charge in [0.15, 0.2) is 0 Å². The van der Waals surface area contributed by atoms with E-state index in [1.54, 1.807) is 0 Å². The van der Waals surface area contributed by atoms with Crippen molar-refractivity contribution in [1.29, 1.82) is 0 Å². The molecule has 116 valence electrons. The lowest BCUT2D eigenvalue weighted by atomic mass is 9.74. The van der Waals surface area contributed by atoms with Gasteiger partial charge in [0.1, 0.15) is 0 Å². The maximum Gasteiger partial charge on any atom is 0.0729 e. The van der Waals surface area contributed by atoms with Crippen LogP contribution in [0.15, 0.2) is 0 Å². The van der Waals surface area contributed by atoms with Crippen LogP contribution in [0.5, 0.6) is 0 Å². The van der Waals surface area contributed by atoms with Crippen LogP contribution >= 0.6 is 0 Å². The molecule has 0 aromatic carbocycles. The van der Waals surface area contributed by atoms with Crippen molar-refractivity contribution in [2.75, 3.05) is 40.1 Å². The van der Waals surface area contributed by atoms with E-state index in [9.17, 15) is 0 Å². The van der Waals surface area contributed by atoms with Gasteiger partial charge in [0.25, 0.3) is 0 Å². The molecular weight excluding hydrogens is 254 g/mol. The standard InChI is InChI=1S/C16H29NO3/c1-17-15(14-3-2-7-19-12-14)13-4-8-20-16(11-13)5-9-18-10-6-16/h13-15,17H,2-12H2,1H3. The lowest BCUT2D eigenvalue weighted by Gasteiger charge is -2.47. The highest BCUT2D eigenvalue weighted by molar-refractivity contribution is 4.94. The molecule has 3 aliphatic rings.